The van der Waals surface area contributed by atoms with Crippen LogP contribution < -0.4 is 9.64 Å². The van der Waals surface area contributed by atoms with Crippen LogP contribution in [0.2, 0.25) is 0 Å². The third-order valence-electron chi connectivity index (χ3n) is 3.15. The Labute approximate surface area is 105 Å². The molecule has 3 heterocycles. The number of imidazole rings is 1. The van der Waals surface area contributed by atoms with Crippen LogP contribution in [-0.2, 0) is 6.54 Å². The molecule has 0 aliphatic carbocycles. The van der Waals surface area contributed by atoms with Crippen molar-refractivity contribution in [2.24, 2.45) is 5.92 Å². The Balaban J connectivity index is 1.58. The van der Waals surface area contributed by atoms with Gasteiger partial charge < -0.3 is 14.2 Å². The zero-order chi connectivity index (χ0) is 12.4. The second-order valence-corrected chi connectivity index (χ2v) is 4.45. The Morgan fingerprint density at radius 3 is 3.00 bits per heavy atom. The zero-order valence-corrected chi connectivity index (χ0v) is 10.2. The average Bonchev–Trinajstić information content (AvgIpc) is 2.86. The minimum Gasteiger partial charge on any atom is -0.481 e. The molecule has 2 aromatic heterocycles. The van der Waals surface area contributed by atoms with Gasteiger partial charge in [-0.05, 0) is 0 Å². The van der Waals surface area contributed by atoms with Crippen LogP contribution in [0.3, 0.4) is 0 Å². The monoisotopic (exact) mass is 245 g/mol. The molecule has 6 heteroatoms. The van der Waals surface area contributed by atoms with E-state index in [1.165, 1.54) is 6.33 Å². The Morgan fingerprint density at radius 2 is 2.28 bits per heavy atom. The van der Waals surface area contributed by atoms with E-state index in [-0.39, 0.29) is 0 Å². The highest BCUT2D eigenvalue weighted by molar-refractivity contribution is 5.43. The standard InChI is InChI=1S/C12H15N5O/c1-18-12-4-11(14-8-15-12)17-6-10(7-17)5-16-3-2-13-9-16/h2-4,8-10H,5-7H2,1H3. The van der Waals surface area contributed by atoms with Crippen LogP contribution in [0.5, 0.6) is 5.88 Å². The molecule has 0 radical (unpaired) electrons. The maximum absolute atomic E-state index is 5.10. The molecule has 0 spiro atoms. The van der Waals surface area contributed by atoms with Crippen LogP contribution in [0.1, 0.15) is 0 Å². The number of ether oxygens (including phenoxy) is 1. The Kier molecular flexibility index (Phi) is 2.84. The number of nitrogens with zero attached hydrogens (tertiary/aromatic N) is 5. The van der Waals surface area contributed by atoms with E-state index in [2.05, 4.69) is 24.4 Å². The fourth-order valence-corrected chi connectivity index (χ4v) is 2.18. The Bertz CT molecular complexity index is 507. The van der Waals surface area contributed by atoms with E-state index in [0.717, 1.165) is 25.5 Å². The maximum atomic E-state index is 5.10. The normalized spacial score (nSPS) is 15.5. The smallest absolute Gasteiger partial charge is 0.218 e. The zero-order valence-electron chi connectivity index (χ0n) is 10.2. The summed E-state index contributed by atoms with van der Waals surface area (Å²) in [6.07, 6.45) is 7.20. The molecular formula is C12H15N5O. The summed E-state index contributed by atoms with van der Waals surface area (Å²) in [5.41, 5.74) is 0. The van der Waals surface area contributed by atoms with Gasteiger partial charge in [-0.3, -0.25) is 0 Å². The summed E-state index contributed by atoms with van der Waals surface area (Å²) in [4.78, 5) is 14.5. The molecule has 1 aliphatic heterocycles. The van der Waals surface area contributed by atoms with Gasteiger partial charge in [0.15, 0.2) is 0 Å². The third kappa shape index (κ3) is 2.13. The minimum atomic E-state index is 0.609. The van der Waals surface area contributed by atoms with Crippen LogP contribution in [0.15, 0.2) is 31.1 Å². The quantitative estimate of drug-likeness (QED) is 0.798. The highest BCUT2D eigenvalue weighted by Gasteiger charge is 2.28. The number of rotatable bonds is 4. The molecule has 1 fully saturated rings. The SMILES string of the molecule is COc1cc(N2CC(Cn3ccnc3)C2)ncn1. The first-order chi connectivity index (χ1) is 8.85. The molecule has 18 heavy (non-hydrogen) atoms. The van der Waals surface area contributed by atoms with E-state index in [4.69, 9.17) is 4.74 Å². The fourth-order valence-electron chi connectivity index (χ4n) is 2.18. The van der Waals surface area contributed by atoms with Crippen molar-refractivity contribution in [1.29, 1.82) is 0 Å². The molecule has 1 aliphatic rings. The molecule has 1 saturated heterocycles. The summed E-state index contributed by atoms with van der Waals surface area (Å²) in [7, 11) is 1.62. The van der Waals surface area contributed by atoms with Crippen molar-refractivity contribution in [2.75, 3.05) is 25.1 Å². The van der Waals surface area contributed by atoms with Gasteiger partial charge in [0, 0.05) is 44.0 Å². The number of methoxy groups -OCH3 is 1. The van der Waals surface area contributed by atoms with Crippen LogP contribution in [-0.4, -0.2) is 39.7 Å². The van der Waals surface area contributed by atoms with Crippen molar-refractivity contribution < 1.29 is 4.74 Å². The van der Waals surface area contributed by atoms with Crippen molar-refractivity contribution in [2.45, 2.75) is 6.54 Å². The van der Waals surface area contributed by atoms with Gasteiger partial charge in [0.2, 0.25) is 5.88 Å². The molecule has 0 bridgehead atoms. The lowest BCUT2D eigenvalue weighted by molar-refractivity contribution is 0.353. The topological polar surface area (TPSA) is 56.1 Å². The van der Waals surface area contributed by atoms with Crippen LogP contribution in [0.25, 0.3) is 0 Å². The number of anilines is 1. The molecule has 94 valence electrons. The second kappa shape index (κ2) is 4.64. The van der Waals surface area contributed by atoms with Gasteiger partial charge in [-0.1, -0.05) is 0 Å². The van der Waals surface area contributed by atoms with E-state index in [1.54, 1.807) is 7.11 Å². The largest absolute Gasteiger partial charge is 0.481 e. The van der Waals surface area contributed by atoms with Crippen LogP contribution in [0, 0.1) is 5.92 Å². The maximum Gasteiger partial charge on any atom is 0.218 e. The van der Waals surface area contributed by atoms with E-state index in [0.29, 0.717) is 11.8 Å². The van der Waals surface area contributed by atoms with Crippen molar-refractivity contribution in [3.05, 3.63) is 31.1 Å². The molecule has 6 nitrogen and oxygen atoms in total. The summed E-state index contributed by atoms with van der Waals surface area (Å²) in [5.74, 6) is 2.20. The summed E-state index contributed by atoms with van der Waals surface area (Å²) in [6, 6.07) is 1.87. The predicted molar refractivity (Wildman–Crippen MR) is 66.5 cm³/mol. The van der Waals surface area contributed by atoms with Crippen molar-refractivity contribution in [1.82, 2.24) is 19.5 Å². The van der Waals surface area contributed by atoms with Gasteiger partial charge in [0.25, 0.3) is 0 Å². The van der Waals surface area contributed by atoms with Crippen molar-refractivity contribution in [3.63, 3.8) is 0 Å². The lowest BCUT2D eigenvalue weighted by Crippen LogP contribution is -2.48. The Hall–Kier alpha value is -2.11. The molecule has 0 unspecified atom stereocenters. The van der Waals surface area contributed by atoms with Crippen LogP contribution in [0.4, 0.5) is 5.82 Å². The van der Waals surface area contributed by atoms with Crippen molar-refractivity contribution in [3.8, 4) is 5.88 Å². The average molecular weight is 245 g/mol. The fraction of sp³-hybridized carbons (Fsp3) is 0.417. The first-order valence-corrected chi connectivity index (χ1v) is 5.92. The van der Waals surface area contributed by atoms with E-state index in [1.807, 2.05) is 24.8 Å². The molecule has 2 aromatic rings. The molecular weight excluding hydrogens is 230 g/mol. The first kappa shape index (κ1) is 11.0. The number of aromatic nitrogens is 4. The third-order valence-corrected chi connectivity index (χ3v) is 3.15. The first-order valence-electron chi connectivity index (χ1n) is 5.92. The molecule has 0 N–H and O–H groups in total. The summed E-state index contributed by atoms with van der Waals surface area (Å²) in [5, 5.41) is 0. The van der Waals surface area contributed by atoms with Crippen molar-refractivity contribution >= 4 is 5.82 Å². The molecule has 0 amide bonds. The van der Waals surface area contributed by atoms with Gasteiger partial charge in [-0.2, -0.15) is 0 Å². The summed E-state index contributed by atoms with van der Waals surface area (Å²) in [6.45, 7) is 3.04. The number of hydrogen-bond donors (Lipinski definition) is 0. The van der Waals surface area contributed by atoms with Gasteiger partial charge >= 0.3 is 0 Å². The minimum absolute atomic E-state index is 0.609. The van der Waals surface area contributed by atoms with Gasteiger partial charge in [-0.25, -0.2) is 15.0 Å². The van der Waals surface area contributed by atoms with Gasteiger partial charge in [0.1, 0.15) is 12.1 Å². The lowest BCUT2D eigenvalue weighted by atomic mass is 10.0. The van der Waals surface area contributed by atoms with Gasteiger partial charge in [0.05, 0.1) is 13.4 Å². The van der Waals surface area contributed by atoms with E-state index in [9.17, 15) is 0 Å². The second-order valence-electron chi connectivity index (χ2n) is 4.45. The lowest BCUT2D eigenvalue weighted by Gasteiger charge is -2.40. The predicted octanol–water partition coefficient (Wildman–Crippen LogP) is 0.818. The highest BCUT2D eigenvalue weighted by Crippen LogP contribution is 2.25. The molecule has 0 aromatic carbocycles. The Morgan fingerprint density at radius 1 is 1.39 bits per heavy atom. The highest BCUT2D eigenvalue weighted by atomic mass is 16.5. The van der Waals surface area contributed by atoms with Crippen LogP contribution >= 0.6 is 0 Å². The number of hydrogen-bond acceptors (Lipinski definition) is 5. The summed E-state index contributed by atoms with van der Waals surface area (Å²) < 4.78 is 7.21. The van der Waals surface area contributed by atoms with E-state index >= 15 is 0 Å². The molecule has 3 rings (SSSR count). The molecule has 0 atom stereocenters. The van der Waals surface area contributed by atoms with E-state index < -0.39 is 0 Å². The van der Waals surface area contributed by atoms with Gasteiger partial charge in [-0.15, -0.1) is 0 Å². The molecule has 0 saturated carbocycles. The summed E-state index contributed by atoms with van der Waals surface area (Å²) >= 11 is 0.